The summed E-state index contributed by atoms with van der Waals surface area (Å²) < 4.78 is 13.3. The number of carbonyl (C=O) groups is 1. The predicted molar refractivity (Wildman–Crippen MR) is 165 cm³/mol. The smallest absolute Gasteiger partial charge is 0.255 e. The Labute approximate surface area is 252 Å². The molecule has 6 rings (SSSR count). The fourth-order valence-corrected chi connectivity index (χ4v) is 6.05. The van der Waals surface area contributed by atoms with Crippen molar-refractivity contribution < 1.29 is 19.4 Å². The van der Waals surface area contributed by atoms with Gasteiger partial charge in [0.05, 0.1) is 25.2 Å². The lowest BCUT2D eigenvalue weighted by Gasteiger charge is -2.38. The molecule has 1 N–H and O–H groups in total. The molecule has 0 saturated carbocycles. The lowest BCUT2D eigenvalue weighted by Crippen LogP contribution is -2.52. The quantitative estimate of drug-likeness (QED) is 0.233. The summed E-state index contributed by atoms with van der Waals surface area (Å²) in [6.07, 6.45) is 0.980. The highest BCUT2D eigenvalue weighted by Crippen LogP contribution is 2.41. The van der Waals surface area contributed by atoms with E-state index in [2.05, 4.69) is 41.4 Å². The van der Waals surface area contributed by atoms with Gasteiger partial charge in [0.15, 0.2) is 6.10 Å². The molecule has 1 aromatic heterocycles. The first-order valence-corrected chi connectivity index (χ1v) is 14.5. The molecule has 2 heterocycles. The fraction of sp³-hybridized carbons (Fsp3) is 0.222. The average molecular weight is 574 g/mol. The third-order valence-electron chi connectivity index (χ3n) is 8.10. The largest absolute Gasteiger partial charge is 0.497 e. The van der Waals surface area contributed by atoms with E-state index in [1.165, 1.54) is 0 Å². The van der Waals surface area contributed by atoms with Crippen LogP contribution in [0.15, 0.2) is 128 Å². The van der Waals surface area contributed by atoms with Gasteiger partial charge in [-0.1, -0.05) is 103 Å². The van der Waals surface area contributed by atoms with Crippen molar-refractivity contribution in [1.82, 2.24) is 14.5 Å². The number of aliphatic hydroxyl groups is 1. The monoisotopic (exact) mass is 573 g/mol. The Morgan fingerprint density at radius 1 is 0.884 bits per heavy atom. The minimum atomic E-state index is -1.25. The minimum Gasteiger partial charge on any atom is -0.497 e. The van der Waals surface area contributed by atoms with Gasteiger partial charge in [0, 0.05) is 19.3 Å². The Kier molecular flexibility index (Phi) is 8.09. The van der Waals surface area contributed by atoms with E-state index in [0.29, 0.717) is 18.8 Å². The van der Waals surface area contributed by atoms with Gasteiger partial charge >= 0.3 is 0 Å². The third kappa shape index (κ3) is 5.45. The first-order chi connectivity index (χ1) is 21.0. The van der Waals surface area contributed by atoms with E-state index in [0.717, 1.165) is 28.0 Å². The Balaban J connectivity index is 1.37. The Morgan fingerprint density at radius 2 is 1.42 bits per heavy atom. The number of amides is 1. The van der Waals surface area contributed by atoms with Crippen LogP contribution >= 0.6 is 0 Å². The van der Waals surface area contributed by atoms with Gasteiger partial charge in [-0.05, 0) is 41.3 Å². The molecule has 0 aliphatic carbocycles. The normalized spacial score (nSPS) is 17.9. The number of aromatic nitrogens is 2. The second kappa shape index (κ2) is 12.3. The van der Waals surface area contributed by atoms with Crippen LogP contribution in [0.5, 0.6) is 5.75 Å². The number of rotatable bonds is 9. The molecule has 7 heteroatoms. The van der Waals surface area contributed by atoms with Crippen LogP contribution in [-0.4, -0.2) is 51.3 Å². The van der Waals surface area contributed by atoms with Crippen LogP contribution < -0.4 is 4.74 Å². The molecule has 1 aliphatic rings. The molecule has 0 spiro atoms. The molecule has 1 fully saturated rings. The molecule has 1 amide bonds. The minimum absolute atomic E-state index is 0.255. The van der Waals surface area contributed by atoms with Crippen LogP contribution in [0, 0.1) is 0 Å². The van der Waals surface area contributed by atoms with Crippen molar-refractivity contribution in [2.45, 2.75) is 37.3 Å². The molecular weight excluding hydrogens is 538 g/mol. The zero-order valence-corrected chi connectivity index (χ0v) is 24.3. The number of benzene rings is 4. The number of aliphatic hydroxyl groups excluding tert-OH is 1. The first-order valence-electron chi connectivity index (χ1n) is 14.5. The first kappa shape index (κ1) is 28.4. The van der Waals surface area contributed by atoms with Crippen LogP contribution in [0.25, 0.3) is 0 Å². The van der Waals surface area contributed by atoms with E-state index >= 15 is 0 Å². The van der Waals surface area contributed by atoms with Gasteiger partial charge in [-0.2, -0.15) is 0 Å². The molecule has 2 unspecified atom stereocenters. The third-order valence-corrected chi connectivity index (χ3v) is 8.10. The fourth-order valence-electron chi connectivity index (χ4n) is 6.05. The van der Waals surface area contributed by atoms with Crippen LogP contribution in [0.4, 0.5) is 0 Å². The van der Waals surface area contributed by atoms with Crippen molar-refractivity contribution in [3.8, 4) is 5.75 Å². The summed E-state index contributed by atoms with van der Waals surface area (Å²) in [7, 11) is 1.62. The zero-order chi connectivity index (χ0) is 29.8. The van der Waals surface area contributed by atoms with Crippen LogP contribution in [0.3, 0.4) is 0 Å². The molecule has 0 bridgehead atoms. The topological polar surface area (TPSA) is 76.8 Å². The van der Waals surface area contributed by atoms with Gasteiger partial charge in [0.2, 0.25) is 0 Å². The van der Waals surface area contributed by atoms with Gasteiger partial charge in [-0.15, -0.1) is 0 Å². The Morgan fingerprint density at radius 3 is 1.93 bits per heavy atom. The number of imidazole rings is 1. The molecule has 43 heavy (non-hydrogen) atoms. The lowest BCUT2D eigenvalue weighted by molar-refractivity contribution is -0.174. The van der Waals surface area contributed by atoms with Crippen molar-refractivity contribution in [3.05, 3.63) is 156 Å². The van der Waals surface area contributed by atoms with Gasteiger partial charge < -0.3 is 24.0 Å². The number of hydrogen-bond donors (Lipinski definition) is 1. The van der Waals surface area contributed by atoms with Crippen molar-refractivity contribution in [3.63, 3.8) is 0 Å². The summed E-state index contributed by atoms with van der Waals surface area (Å²) in [4.78, 5) is 20.1. The Hall–Kier alpha value is -4.72. The molecule has 0 radical (unpaired) electrons. The molecule has 7 nitrogen and oxygen atoms in total. The van der Waals surface area contributed by atoms with E-state index in [4.69, 9.17) is 9.47 Å². The van der Waals surface area contributed by atoms with Crippen molar-refractivity contribution in [1.29, 1.82) is 0 Å². The standard InChI is InChI=1S/C36H35N3O4/c1-26-22-38(23-27-18-20-31(42-2)21-19-27)35(41)34(43-26)33(40)32-24-39(25-37-32)36(28-12-6-3-7-13-28,29-14-8-4-9-15-29)30-16-10-5-11-17-30/h3-21,24-26,33-34,40H,22-23H2,1-2H3/t26-,33?,34?/m0/s1. The molecule has 1 aliphatic heterocycles. The summed E-state index contributed by atoms with van der Waals surface area (Å²) in [6, 6.07) is 38.4. The van der Waals surface area contributed by atoms with Crippen LogP contribution in [-0.2, 0) is 21.6 Å². The summed E-state index contributed by atoms with van der Waals surface area (Å²) in [5, 5.41) is 11.6. The molecule has 5 aromatic rings. The second-order valence-electron chi connectivity index (χ2n) is 10.9. The SMILES string of the molecule is COc1ccc(CN2C[C@H](C)OC(C(O)c3cn(C(c4ccccc4)(c4ccccc4)c4ccccc4)cn3)C2=O)cc1. The highest BCUT2D eigenvalue weighted by Gasteiger charge is 2.42. The van der Waals surface area contributed by atoms with E-state index in [1.54, 1.807) is 18.3 Å². The number of nitrogens with zero attached hydrogens (tertiary/aromatic N) is 3. The number of ether oxygens (including phenoxy) is 2. The molecule has 1 saturated heterocycles. The van der Waals surface area contributed by atoms with E-state index in [9.17, 15) is 9.90 Å². The van der Waals surface area contributed by atoms with Crippen molar-refractivity contribution in [2.24, 2.45) is 0 Å². The summed E-state index contributed by atoms with van der Waals surface area (Å²) in [5.74, 6) is 0.489. The van der Waals surface area contributed by atoms with Crippen molar-refractivity contribution in [2.75, 3.05) is 13.7 Å². The number of morpholine rings is 1. The number of carbonyl (C=O) groups excluding carboxylic acids is 1. The molecule has 3 atom stereocenters. The number of methoxy groups -OCH3 is 1. The second-order valence-corrected chi connectivity index (χ2v) is 10.9. The van der Waals surface area contributed by atoms with E-state index < -0.39 is 17.7 Å². The lowest BCUT2D eigenvalue weighted by atomic mass is 9.77. The summed E-state index contributed by atoms with van der Waals surface area (Å²) in [5.41, 5.74) is 3.67. The van der Waals surface area contributed by atoms with Gasteiger partial charge in [-0.25, -0.2) is 4.98 Å². The van der Waals surface area contributed by atoms with Crippen LogP contribution in [0.2, 0.25) is 0 Å². The van der Waals surface area contributed by atoms with Gasteiger partial charge in [0.25, 0.3) is 5.91 Å². The van der Waals surface area contributed by atoms with E-state index in [1.807, 2.05) is 96.6 Å². The average Bonchev–Trinajstić information content (AvgIpc) is 3.55. The highest BCUT2D eigenvalue weighted by atomic mass is 16.5. The molecule has 218 valence electrons. The summed E-state index contributed by atoms with van der Waals surface area (Å²) >= 11 is 0. The van der Waals surface area contributed by atoms with Crippen molar-refractivity contribution >= 4 is 5.91 Å². The van der Waals surface area contributed by atoms with E-state index in [-0.39, 0.29) is 12.0 Å². The maximum absolute atomic E-state index is 13.7. The van der Waals surface area contributed by atoms with Gasteiger partial charge in [0.1, 0.15) is 17.4 Å². The Bertz CT molecular complexity index is 1540. The molecular formula is C36H35N3O4. The van der Waals surface area contributed by atoms with Crippen LogP contribution in [0.1, 0.15) is 41.0 Å². The maximum Gasteiger partial charge on any atom is 0.255 e. The molecule has 4 aromatic carbocycles. The zero-order valence-electron chi connectivity index (χ0n) is 24.3. The number of hydrogen-bond acceptors (Lipinski definition) is 5. The summed E-state index contributed by atoms with van der Waals surface area (Å²) in [6.45, 7) is 2.76. The highest BCUT2D eigenvalue weighted by molar-refractivity contribution is 5.82. The maximum atomic E-state index is 13.7. The van der Waals surface area contributed by atoms with Gasteiger partial charge in [-0.3, -0.25) is 4.79 Å². The predicted octanol–water partition coefficient (Wildman–Crippen LogP) is 5.58.